The molecule has 8 nitrogen and oxygen atoms in total. The molecule has 12 heteroatoms. The van der Waals surface area contributed by atoms with Crippen LogP contribution in [-0.4, -0.2) is 77.0 Å². The summed E-state index contributed by atoms with van der Waals surface area (Å²) in [7, 11) is 0. The van der Waals surface area contributed by atoms with Crippen LogP contribution < -0.4 is 110 Å². The highest BCUT2D eigenvalue weighted by Gasteiger charge is 2.32. The summed E-state index contributed by atoms with van der Waals surface area (Å²) < 4.78 is 0. The molecular weight excluding hydrogens is 672 g/mol. The van der Waals surface area contributed by atoms with Crippen LogP contribution >= 0.6 is 0 Å². The molecule has 196 valence electrons. The van der Waals surface area contributed by atoms with Gasteiger partial charge in [-0.3, -0.25) is 21.3 Å². The molecular formula is C20H48Br4N8. The summed E-state index contributed by atoms with van der Waals surface area (Å²) in [4.78, 5) is 0. The summed E-state index contributed by atoms with van der Waals surface area (Å²) in [6, 6.07) is 0. The lowest BCUT2D eigenvalue weighted by Crippen LogP contribution is -3.00. The van der Waals surface area contributed by atoms with E-state index in [-0.39, 0.29) is 67.9 Å². The third kappa shape index (κ3) is 12.0. The summed E-state index contributed by atoms with van der Waals surface area (Å²) in [5, 5.41) is 24.1. The van der Waals surface area contributed by atoms with Gasteiger partial charge in [0.2, 0.25) is 0 Å². The summed E-state index contributed by atoms with van der Waals surface area (Å²) in [5.41, 5.74) is 0. The van der Waals surface area contributed by atoms with E-state index in [2.05, 4.69) is 56.4 Å². The van der Waals surface area contributed by atoms with Gasteiger partial charge in [0.25, 0.3) is 0 Å². The molecule has 12 N–H and O–H groups in total. The second-order valence-electron chi connectivity index (χ2n) is 8.99. The number of hydrogen-bond acceptors (Lipinski definition) is 4. The first-order valence-electron chi connectivity index (χ1n) is 12.1. The van der Waals surface area contributed by atoms with Crippen molar-refractivity contribution in [3.63, 3.8) is 0 Å². The number of quaternary nitrogens is 4. The van der Waals surface area contributed by atoms with Gasteiger partial charge in [-0.05, 0) is 12.8 Å². The van der Waals surface area contributed by atoms with E-state index >= 15 is 0 Å². The van der Waals surface area contributed by atoms with Gasteiger partial charge in [0.1, 0.15) is 24.7 Å². The molecule has 0 radical (unpaired) electrons. The molecule has 4 heterocycles. The Kier molecular flexibility index (Phi) is 23.2. The van der Waals surface area contributed by atoms with Gasteiger partial charge < -0.3 is 89.2 Å². The van der Waals surface area contributed by atoms with Crippen molar-refractivity contribution in [3.05, 3.63) is 0 Å². The maximum Gasteiger partial charge on any atom is 0.143 e. The van der Waals surface area contributed by atoms with Crippen molar-refractivity contribution in [2.45, 2.75) is 64.2 Å². The highest BCUT2D eigenvalue weighted by molar-refractivity contribution is 4.73. The van der Waals surface area contributed by atoms with Crippen molar-refractivity contribution in [3.8, 4) is 0 Å². The predicted molar refractivity (Wildman–Crippen MR) is 111 cm³/mol. The molecule has 0 aromatic rings. The average Bonchev–Trinajstić information content (AvgIpc) is 3.53. The monoisotopic (exact) mass is 716 g/mol. The molecule has 0 spiro atoms. The van der Waals surface area contributed by atoms with Crippen molar-refractivity contribution < 1.29 is 89.2 Å². The molecule has 4 aliphatic rings. The number of hydrogen-bond donors (Lipinski definition) is 8. The van der Waals surface area contributed by atoms with Gasteiger partial charge in [-0.1, -0.05) is 13.8 Å². The lowest BCUT2D eigenvalue weighted by molar-refractivity contribution is -0.689. The summed E-state index contributed by atoms with van der Waals surface area (Å²) in [5.74, 6) is 1.65. The number of nitrogens with two attached hydrogens (primary N) is 4. The molecule has 4 rings (SSSR count). The molecule has 4 fully saturated rings. The van der Waals surface area contributed by atoms with Crippen LogP contribution in [0.2, 0.25) is 0 Å². The molecule has 32 heavy (non-hydrogen) atoms. The molecule has 0 bridgehead atoms. The molecule has 0 aromatic carbocycles. The first-order valence-corrected chi connectivity index (χ1v) is 12.1. The van der Waals surface area contributed by atoms with Crippen molar-refractivity contribution >= 4 is 0 Å². The minimum Gasteiger partial charge on any atom is -1.00 e. The lowest BCUT2D eigenvalue weighted by Gasteiger charge is -2.21. The van der Waals surface area contributed by atoms with E-state index in [4.69, 9.17) is 0 Å². The number of halogens is 4. The standard InChI is InChI=1S/2C10H22N4.4BrH/c2*1-2-8(10-13-5-6-14-10)7-9-11-3-4-12-9;;;;/h2*8-14H,2-7H2,1H3;4*1H. The van der Waals surface area contributed by atoms with Crippen LogP contribution in [0, 0.1) is 11.8 Å². The number of nitrogens with one attached hydrogen (secondary N) is 4. The Bertz CT molecular complexity index is 378. The molecule has 6 unspecified atom stereocenters. The SMILES string of the molecule is CCC(CC1NCC[NH2+]1)C1NCC[NH2+]1.CCC(CC1NCC[NH2+]1)C1NCC[NH2+]1.[Br-].[Br-].[Br-].[Br-]. The number of rotatable bonds is 8. The van der Waals surface area contributed by atoms with E-state index in [1.807, 2.05) is 0 Å². The highest BCUT2D eigenvalue weighted by Crippen LogP contribution is 2.12. The molecule has 0 aliphatic carbocycles. The molecule has 0 saturated carbocycles. The topological polar surface area (TPSA) is 115 Å². The maximum atomic E-state index is 3.58. The second kappa shape index (κ2) is 20.8. The van der Waals surface area contributed by atoms with Crippen LogP contribution in [0.3, 0.4) is 0 Å². The largest absolute Gasteiger partial charge is 1.00 e. The van der Waals surface area contributed by atoms with Gasteiger partial charge in [0.15, 0.2) is 0 Å². The van der Waals surface area contributed by atoms with E-state index < -0.39 is 0 Å². The van der Waals surface area contributed by atoms with Gasteiger partial charge in [-0.2, -0.15) is 0 Å². The fraction of sp³-hybridized carbons (Fsp3) is 1.00. The van der Waals surface area contributed by atoms with E-state index in [1.54, 1.807) is 0 Å². The Balaban J connectivity index is 0. The first-order chi connectivity index (χ1) is 13.8. The zero-order valence-corrected chi connectivity index (χ0v) is 26.1. The average molecular weight is 720 g/mol. The molecule has 0 aromatic heterocycles. The molecule has 4 aliphatic heterocycles. The Morgan fingerprint density at radius 1 is 0.562 bits per heavy atom. The van der Waals surface area contributed by atoms with Gasteiger partial charge in [-0.25, -0.2) is 0 Å². The minimum absolute atomic E-state index is 0. The Morgan fingerprint density at radius 3 is 1.16 bits per heavy atom. The van der Waals surface area contributed by atoms with E-state index in [9.17, 15) is 0 Å². The van der Waals surface area contributed by atoms with Crippen LogP contribution in [0.4, 0.5) is 0 Å². The molecule has 6 atom stereocenters. The smallest absolute Gasteiger partial charge is 0.143 e. The summed E-state index contributed by atoms with van der Waals surface area (Å²) in [6.07, 6.45) is 7.91. The normalized spacial score (nSPS) is 30.6. The van der Waals surface area contributed by atoms with Crippen molar-refractivity contribution in [1.82, 2.24) is 21.3 Å². The minimum atomic E-state index is 0. The molecule has 4 saturated heterocycles. The first kappa shape index (κ1) is 35.8. The van der Waals surface area contributed by atoms with Gasteiger partial charge in [0.05, 0.1) is 26.2 Å². The van der Waals surface area contributed by atoms with Gasteiger partial charge in [0, 0.05) is 50.9 Å². The predicted octanol–water partition coefficient (Wildman–Crippen LogP) is -17.2. The van der Waals surface area contributed by atoms with Crippen LogP contribution in [-0.2, 0) is 0 Å². The van der Waals surface area contributed by atoms with E-state index in [1.165, 1.54) is 78.0 Å². The zero-order chi connectivity index (χ0) is 19.6. The highest BCUT2D eigenvalue weighted by atomic mass is 79.9. The zero-order valence-electron chi connectivity index (χ0n) is 19.8. The van der Waals surface area contributed by atoms with E-state index in [0.29, 0.717) is 24.7 Å². The second-order valence-corrected chi connectivity index (χ2v) is 8.99. The van der Waals surface area contributed by atoms with Crippen molar-refractivity contribution in [1.29, 1.82) is 0 Å². The fourth-order valence-corrected chi connectivity index (χ4v) is 5.33. The quantitative estimate of drug-likeness (QED) is 0.128. The van der Waals surface area contributed by atoms with Crippen molar-refractivity contribution in [2.24, 2.45) is 11.8 Å². The van der Waals surface area contributed by atoms with E-state index in [0.717, 1.165) is 11.8 Å². The Labute approximate surface area is 237 Å². The summed E-state index contributed by atoms with van der Waals surface area (Å²) >= 11 is 0. The summed E-state index contributed by atoms with van der Waals surface area (Å²) in [6.45, 7) is 14.4. The Morgan fingerprint density at radius 2 is 0.906 bits per heavy atom. The van der Waals surface area contributed by atoms with Crippen LogP contribution in [0.25, 0.3) is 0 Å². The van der Waals surface area contributed by atoms with Crippen LogP contribution in [0.15, 0.2) is 0 Å². The maximum absolute atomic E-state index is 3.58. The third-order valence-electron chi connectivity index (χ3n) is 7.07. The van der Waals surface area contributed by atoms with Gasteiger partial charge in [-0.15, -0.1) is 0 Å². The van der Waals surface area contributed by atoms with Crippen LogP contribution in [0.1, 0.15) is 39.5 Å². The lowest BCUT2D eigenvalue weighted by atomic mass is 9.97. The van der Waals surface area contributed by atoms with Crippen LogP contribution in [0.5, 0.6) is 0 Å². The third-order valence-corrected chi connectivity index (χ3v) is 7.07. The van der Waals surface area contributed by atoms with Gasteiger partial charge >= 0.3 is 0 Å². The molecule has 0 amide bonds. The van der Waals surface area contributed by atoms with Crippen molar-refractivity contribution in [2.75, 3.05) is 52.4 Å². The Hall–Kier alpha value is 1.60. The fourth-order valence-electron chi connectivity index (χ4n) is 5.33.